The first-order valence-electron chi connectivity index (χ1n) is 6.23. The van der Waals surface area contributed by atoms with Gasteiger partial charge in [-0.05, 0) is 12.0 Å². The molecule has 0 bridgehead atoms. The minimum atomic E-state index is -4.02. The van der Waals surface area contributed by atoms with Gasteiger partial charge in [-0.15, -0.1) is 0 Å². The van der Waals surface area contributed by atoms with Gasteiger partial charge in [-0.2, -0.15) is 4.72 Å². The van der Waals surface area contributed by atoms with Crippen LogP contribution in [0.5, 0.6) is 0 Å². The zero-order valence-corrected chi connectivity index (χ0v) is 13.1. The molecular weight excluding hydrogens is 298 g/mol. The molecule has 0 aliphatic carbocycles. The maximum atomic E-state index is 12.2. The van der Waals surface area contributed by atoms with E-state index >= 15 is 0 Å². The number of nitrogens with one attached hydrogen (secondary N) is 2. The van der Waals surface area contributed by atoms with Crippen LogP contribution in [0, 0.1) is 5.92 Å². The summed E-state index contributed by atoms with van der Waals surface area (Å²) in [6, 6.07) is -0.0425. The van der Waals surface area contributed by atoms with E-state index in [1.165, 1.54) is 30.9 Å². The first-order chi connectivity index (χ1) is 9.60. The summed E-state index contributed by atoms with van der Waals surface area (Å²) >= 11 is 0. The molecule has 3 N–H and O–H groups in total. The van der Waals surface area contributed by atoms with Crippen molar-refractivity contribution in [3.8, 4) is 0 Å². The fourth-order valence-electron chi connectivity index (χ4n) is 1.74. The Bertz CT molecular complexity index is 648. The molecule has 1 aromatic heterocycles. The van der Waals surface area contributed by atoms with Crippen LogP contribution in [0.3, 0.4) is 0 Å². The minimum absolute atomic E-state index is 0.157. The Hall–Kier alpha value is -1.87. The van der Waals surface area contributed by atoms with Crippen molar-refractivity contribution in [2.24, 2.45) is 13.0 Å². The van der Waals surface area contributed by atoms with Gasteiger partial charge in [0.05, 0.1) is 0 Å². The molecule has 0 aliphatic rings. The van der Waals surface area contributed by atoms with Crippen molar-refractivity contribution in [1.29, 1.82) is 0 Å². The van der Waals surface area contributed by atoms with E-state index in [1.807, 2.05) is 0 Å². The van der Waals surface area contributed by atoms with E-state index in [0.717, 1.165) is 0 Å². The summed E-state index contributed by atoms with van der Waals surface area (Å²) in [4.78, 5) is 22.5. The predicted molar refractivity (Wildman–Crippen MR) is 75.4 cm³/mol. The van der Waals surface area contributed by atoms with Crippen LogP contribution in [0.4, 0.5) is 0 Å². The molecule has 8 nitrogen and oxygen atoms in total. The number of aromatic nitrogens is 1. The molecular formula is C12H19N3O5S. The van der Waals surface area contributed by atoms with Gasteiger partial charge >= 0.3 is 5.97 Å². The quantitative estimate of drug-likeness (QED) is 0.670. The Labute approximate surface area is 123 Å². The van der Waals surface area contributed by atoms with Crippen LogP contribution in [0.2, 0.25) is 0 Å². The third-order valence-electron chi connectivity index (χ3n) is 2.96. The second-order valence-corrected chi connectivity index (χ2v) is 6.65. The third-order valence-corrected chi connectivity index (χ3v) is 4.37. The van der Waals surface area contributed by atoms with Crippen molar-refractivity contribution < 1.29 is 23.1 Å². The summed E-state index contributed by atoms with van der Waals surface area (Å²) in [5.74, 6) is -2.10. The molecule has 1 heterocycles. The number of carbonyl (C=O) groups is 2. The summed E-state index contributed by atoms with van der Waals surface area (Å²) in [6.07, 6.45) is 1.26. The Kier molecular flexibility index (Phi) is 5.13. The van der Waals surface area contributed by atoms with E-state index in [9.17, 15) is 18.0 Å². The number of sulfonamides is 1. The fraction of sp³-hybridized carbons (Fsp3) is 0.500. The molecule has 1 rings (SSSR count). The zero-order valence-electron chi connectivity index (χ0n) is 12.2. The number of rotatable bonds is 6. The van der Waals surface area contributed by atoms with Gasteiger partial charge in [0.2, 0.25) is 10.0 Å². The number of carboxylic acid groups (broad SMARTS) is 1. The van der Waals surface area contributed by atoms with Crippen molar-refractivity contribution in [3.63, 3.8) is 0 Å². The van der Waals surface area contributed by atoms with Crippen molar-refractivity contribution >= 4 is 21.9 Å². The van der Waals surface area contributed by atoms with Crippen LogP contribution in [0.1, 0.15) is 24.3 Å². The second-order valence-electron chi connectivity index (χ2n) is 4.93. The molecule has 9 heteroatoms. The van der Waals surface area contributed by atoms with E-state index in [-0.39, 0.29) is 10.6 Å². The molecule has 0 saturated carbocycles. The number of carboxylic acids is 1. The van der Waals surface area contributed by atoms with E-state index in [2.05, 4.69) is 10.0 Å². The molecule has 1 amide bonds. The highest BCUT2D eigenvalue weighted by molar-refractivity contribution is 7.89. The monoisotopic (exact) mass is 317 g/mol. The third kappa shape index (κ3) is 3.82. The zero-order chi connectivity index (χ0) is 16.4. The summed E-state index contributed by atoms with van der Waals surface area (Å²) in [5.41, 5.74) is 0.161. The molecule has 1 atom stereocenters. The highest BCUT2D eigenvalue weighted by atomic mass is 32.2. The first-order valence-corrected chi connectivity index (χ1v) is 7.72. The Balaban J connectivity index is 3.14. The van der Waals surface area contributed by atoms with E-state index in [1.54, 1.807) is 13.8 Å². The molecule has 0 aromatic carbocycles. The standard InChI is InChI=1S/C12H19N3O5S/c1-7(2)10(12(17)18)14-21(19,20)8-5-9(11(16)13-3)15(4)6-8/h5-7,10,14H,1-4H3,(H,13,16)(H,17,18)/t10-/m1/s1. The number of aryl methyl sites for hydroxylation is 1. The van der Waals surface area contributed by atoms with Crippen molar-refractivity contribution in [2.45, 2.75) is 24.8 Å². The maximum absolute atomic E-state index is 12.2. The smallest absolute Gasteiger partial charge is 0.322 e. The van der Waals surface area contributed by atoms with Crippen LogP contribution in [0.15, 0.2) is 17.2 Å². The predicted octanol–water partition coefficient (Wildman–Crippen LogP) is -0.228. The largest absolute Gasteiger partial charge is 0.480 e. The van der Waals surface area contributed by atoms with Crippen LogP contribution in [-0.4, -0.2) is 43.1 Å². The van der Waals surface area contributed by atoms with Gasteiger partial charge in [0.15, 0.2) is 0 Å². The minimum Gasteiger partial charge on any atom is -0.480 e. The van der Waals surface area contributed by atoms with Crippen LogP contribution in [0.25, 0.3) is 0 Å². The molecule has 1 aromatic rings. The van der Waals surface area contributed by atoms with Crippen molar-refractivity contribution in [1.82, 2.24) is 14.6 Å². The molecule has 0 unspecified atom stereocenters. The number of carbonyl (C=O) groups excluding carboxylic acids is 1. The maximum Gasteiger partial charge on any atom is 0.322 e. The lowest BCUT2D eigenvalue weighted by Crippen LogP contribution is -2.44. The highest BCUT2D eigenvalue weighted by Crippen LogP contribution is 2.15. The lowest BCUT2D eigenvalue weighted by Gasteiger charge is -2.17. The summed E-state index contributed by atoms with van der Waals surface area (Å²) in [5, 5.41) is 11.4. The van der Waals surface area contributed by atoms with E-state index in [4.69, 9.17) is 5.11 Å². The molecule has 0 saturated heterocycles. The second kappa shape index (κ2) is 6.27. The van der Waals surface area contributed by atoms with Gasteiger partial charge in [0.1, 0.15) is 16.6 Å². The normalized spacial score (nSPS) is 13.2. The van der Waals surface area contributed by atoms with Gasteiger partial charge in [-0.1, -0.05) is 13.8 Å². The lowest BCUT2D eigenvalue weighted by atomic mass is 10.1. The van der Waals surface area contributed by atoms with Gasteiger partial charge < -0.3 is 15.0 Å². The fourth-order valence-corrected chi connectivity index (χ4v) is 3.15. The van der Waals surface area contributed by atoms with Crippen LogP contribution < -0.4 is 10.0 Å². The topological polar surface area (TPSA) is 118 Å². The Morgan fingerprint density at radius 1 is 1.33 bits per heavy atom. The number of amides is 1. The molecule has 0 aliphatic heterocycles. The van der Waals surface area contributed by atoms with Gasteiger partial charge in [-0.3, -0.25) is 9.59 Å². The highest BCUT2D eigenvalue weighted by Gasteiger charge is 2.29. The first kappa shape index (κ1) is 17.2. The van der Waals surface area contributed by atoms with E-state index in [0.29, 0.717) is 0 Å². The van der Waals surface area contributed by atoms with Crippen molar-refractivity contribution in [2.75, 3.05) is 7.05 Å². The van der Waals surface area contributed by atoms with Gasteiger partial charge in [-0.25, -0.2) is 8.42 Å². The molecule has 118 valence electrons. The molecule has 0 radical (unpaired) electrons. The van der Waals surface area contributed by atoms with Crippen molar-refractivity contribution in [3.05, 3.63) is 18.0 Å². The Morgan fingerprint density at radius 3 is 2.33 bits per heavy atom. The van der Waals surface area contributed by atoms with Crippen LogP contribution >= 0.6 is 0 Å². The average Bonchev–Trinajstić information content (AvgIpc) is 2.77. The summed E-state index contributed by atoms with van der Waals surface area (Å²) in [7, 11) is -1.06. The van der Waals surface area contributed by atoms with Gasteiger partial charge in [0, 0.05) is 20.3 Å². The summed E-state index contributed by atoms with van der Waals surface area (Å²) in [6.45, 7) is 3.20. The summed E-state index contributed by atoms with van der Waals surface area (Å²) < 4.78 is 27.9. The van der Waals surface area contributed by atoms with E-state index < -0.39 is 33.9 Å². The number of aliphatic carboxylic acids is 1. The number of nitrogens with zero attached hydrogens (tertiary/aromatic N) is 1. The SMILES string of the molecule is CNC(=O)c1cc(S(=O)(=O)N[C@@H](C(=O)O)C(C)C)cn1C. The molecule has 21 heavy (non-hydrogen) atoms. The molecule has 0 spiro atoms. The average molecular weight is 317 g/mol. The number of hydrogen-bond donors (Lipinski definition) is 3. The lowest BCUT2D eigenvalue weighted by molar-refractivity contribution is -0.140. The molecule has 0 fully saturated rings. The van der Waals surface area contributed by atoms with Crippen LogP contribution in [-0.2, 0) is 21.9 Å². The van der Waals surface area contributed by atoms with Gasteiger partial charge in [0.25, 0.3) is 5.91 Å². The Morgan fingerprint density at radius 2 is 1.90 bits per heavy atom. The number of hydrogen-bond acceptors (Lipinski definition) is 4.